The van der Waals surface area contributed by atoms with Crippen LogP contribution >= 0.6 is 11.3 Å². The third-order valence-electron chi connectivity index (χ3n) is 4.46. The van der Waals surface area contributed by atoms with Crippen LogP contribution in [-0.4, -0.2) is 41.8 Å². The second-order valence-electron chi connectivity index (χ2n) is 6.29. The molecule has 3 heterocycles. The highest BCUT2D eigenvalue weighted by molar-refractivity contribution is 7.12. The van der Waals surface area contributed by atoms with Crippen molar-refractivity contribution in [2.75, 3.05) is 6.54 Å². The quantitative estimate of drug-likeness (QED) is 0.496. The molecule has 3 aromatic heterocycles. The molecule has 10 nitrogen and oxygen atoms in total. The van der Waals surface area contributed by atoms with E-state index in [2.05, 4.69) is 20.7 Å². The van der Waals surface area contributed by atoms with E-state index in [1.165, 1.54) is 31.6 Å². The van der Waals surface area contributed by atoms with Gasteiger partial charge in [0.25, 0.3) is 5.56 Å². The van der Waals surface area contributed by atoms with Crippen LogP contribution in [0.4, 0.5) is 0 Å². The lowest BCUT2D eigenvalue weighted by Crippen LogP contribution is -2.38. The average molecular weight is 411 g/mol. The van der Waals surface area contributed by atoms with Crippen molar-refractivity contribution in [3.05, 3.63) is 68.9 Å². The Labute approximate surface area is 168 Å². The van der Waals surface area contributed by atoms with Gasteiger partial charge in [0.1, 0.15) is 11.0 Å². The van der Waals surface area contributed by atoms with Gasteiger partial charge in [-0.1, -0.05) is 12.1 Å². The molecule has 29 heavy (non-hydrogen) atoms. The number of amides is 1. The molecule has 0 saturated carbocycles. The minimum absolute atomic E-state index is 0.160. The number of hydrogen-bond donors (Lipinski definition) is 1. The third kappa shape index (κ3) is 3.59. The van der Waals surface area contributed by atoms with Crippen molar-refractivity contribution in [2.24, 2.45) is 0 Å². The lowest BCUT2D eigenvalue weighted by molar-refractivity contribution is -0.124. The summed E-state index contributed by atoms with van der Waals surface area (Å²) >= 11 is 1.37. The van der Waals surface area contributed by atoms with Gasteiger partial charge in [0.05, 0.1) is 23.8 Å². The van der Waals surface area contributed by atoms with Gasteiger partial charge in [0.15, 0.2) is 0 Å². The smallest absolute Gasteiger partial charge is 0.352 e. The Morgan fingerprint density at radius 1 is 1.17 bits per heavy atom. The number of carbonyl (C=O) groups excluding carboxylic acids is 1. The van der Waals surface area contributed by atoms with E-state index in [0.717, 1.165) is 0 Å². The fourth-order valence-corrected chi connectivity index (χ4v) is 3.53. The first kappa shape index (κ1) is 18.7. The van der Waals surface area contributed by atoms with Crippen LogP contribution < -0.4 is 16.6 Å². The maximum absolute atomic E-state index is 12.6. The van der Waals surface area contributed by atoms with Crippen molar-refractivity contribution in [3.63, 3.8) is 0 Å². The number of tetrazole rings is 1. The van der Waals surface area contributed by atoms with Gasteiger partial charge in [-0.15, -0.1) is 11.3 Å². The predicted octanol–water partition coefficient (Wildman–Crippen LogP) is 0.578. The maximum atomic E-state index is 12.6. The number of thiophene rings is 1. The number of carbonyl (C=O) groups is 1. The van der Waals surface area contributed by atoms with E-state index < -0.39 is 6.04 Å². The molecule has 0 saturated heterocycles. The zero-order valence-corrected chi connectivity index (χ0v) is 16.2. The zero-order valence-electron chi connectivity index (χ0n) is 15.4. The van der Waals surface area contributed by atoms with Gasteiger partial charge >= 0.3 is 5.69 Å². The number of para-hydroxylation sites is 1. The summed E-state index contributed by atoms with van der Waals surface area (Å²) in [7, 11) is 0. The van der Waals surface area contributed by atoms with E-state index in [-0.39, 0.29) is 30.2 Å². The molecule has 1 N–H and O–H groups in total. The molecular weight excluding hydrogens is 394 g/mol. The van der Waals surface area contributed by atoms with E-state index >= 15 is 0 Å². The van der Waals surface area contributed by atoms with Crippen LogP contribution in [0.1, 0.15) is 13.0 Å². The van der Waals surface area contributed by atoms with Crippen molar-refractivity contribution < 1.29 is 4.79 Å². The summed E-state index contributed by atoms with van der Waals surface area (Å²) in [4.78, 5) is 41.6. The standard InChI is InChI=1S/C18H17N7O3S/c1-12(23-11-20-14-6-3-2-5-13(14)17(23)27)16(26)19-8-9-24-18(28)25(22-21-24)15-7-4-10-29-15/h2-7,10-12H,8-9H2,1H3,(H,19,26)/t12-/m0/s1. The molecule has 1 amide bonds. The number of fused-ring (bicyclic) bond motifs is 1. The highest BCUT2D eigenvalue weighted by Gasteiger charge is 2.17. The van der Waals surface area contributed by atoms with E-state index in [9.17, 15) is 14.4 Å². The molecule has 0 spiro atoms. The monoisotopic (exact) mass is 411 g/mol. The molecule has 0 aliphatic heterocycles. The minimum Gasteiger partial charge on any atom is -0.352 e. The number of nitrogens with one attached hydrogen (secondary N) is 1. The van der Waals surface area contributed by atoms with Gasteiger partial charge in [-0.3, -0.25) is 14.2 Å². The van der Waals surface area contributed by atoms with Gasteiger partial charge in [-0.25, -0.2) is 9.78 Å². The van der Waals surface area contributed by atoms with Gasteiger partial charge in [-0.05, 0) is 47.0 Å². The topological polar surface area (TPSA) is 117 Å². The van der Waals surface area contributed by atoms with Crippen molar-refractivity contribution in [1.82, 2.24) is 34.7 Å². The third-order valence-corrected chi connectivity index (χ3v) is 5.31. The molecule has 1 aromatic carbocycles. The van der Waals surface area contributed by atoms with Crippen LogP contribution in [0.3, 0.4) is 0 Å². The Kier molecular flexibility index (Phi) is 5.04. The van der Waals surface area contributed by atoms with Gasteiger partial charge in [-0.2, -0.15) is 9.36 Å². The van der Waals surface area contributed by atoms with Crippen LogP contribution in [0.15, 0.2) is 57.7 Å². The summed E-state index contributed by atoms with van der Waals surface area (Å²) in [6.07, 6.45) is 1.37. The van der Waals surface area contributed by atoms with Crippen LogP contribution in [-0.2, 0) is 11.3 Å². The molecule has 0 unspecified atom stereocenters. The van der Waals surface area contributed by atoms with Gasteiger partial charge in [0, 0.05) is 6.54 Å². The predicted molar refractivity (Wildman–Crippen MR) is 107 cm³/mol. The van der Waals surface area contributed by atoms with E-state index in [0.29, 0.717) is 15.9 Å². The zero-order chi connectivity index (χ0) is 20.4. The molecular formula is C18H17N7O3S. The summed E-state index contributed by atoms with van der Waals surface area (Å²) in [6, 6.07) is 9.80. The first-order chi connectivity index (χ1) is 14.1. The maximum Gasteiger partial charge on any atom is 0.369 e. The van der Waals surface area contributed by atoms with Crippen LogP contribution in [0, 0.1) is 0 Å². The molecule has 1 atom stereocenters. The van der Waals surface area contributed by atoms with Crippen molar-refractivity contribution >= 4 is 28.1 Å². The normalized spacial score (nSPS) is 12.2. The van der Waals surface area contributed by atoms with E-state index in [4.69, 9.17) is 0 Å². The number of nitrogens with zero attached hydrogens (tertiary/aromatic N) is 6. The van der Waals surface area contributed by atoms with Crippen molar-refractivity contribution in [1.29, 1.82) is 0 Å². The molecule has 0 bridgehead atoms. The minimum atomic E-state index is -0.752. The van der Waals surface area contributed by atoms with Crippen molar-refractivity contribution in [2.45, 2.75) is 19.5 Å². The van der Waals surface area contributed by atoms with Gasteiger partial charge in [0.2, 0.25) is 5.91 Å². The molecule has 0 fully saturated rings. The average Bonchev–Trinajstić information content (AvgIpc) is 3.38. The number of hydrogen-bond acceptors (Lipinski definition) is 7. The lowest BCUT2D eigenvalue weighted by atomic mass is 10.2. The van der Waals surface area contributed by atoms with E-state index in [1.54, 1.807) is 37.3 Å². The van der Waals surface area contributed by atoms with E-state index in [1.807, 2.05) is 11.4 Å². The summed E-state index contributed by atoms with van der Waals surface area (Å²) in [6.45, 7) is 1.95. The molecule has 0 radical (unpaired) electrons. The van der Waals surface area contributed by atoms with Gasteiger partial charge < -0.3 is 5.32 Å². The van der Waals surface area contributed by atoms with Crippen LogP contribution in [0.5, 0.6) is 0 Å². The Morgan fingerprint density at radius 2 is 2.00 bits per heavy atom. The SMILES string of the molecule is C[C@@H](C(=O)NCCn1nnn(-c2cccs2)c1=O)n1cnc2ccccc2c1=O. The Morgan fingerprint density at radius 3 is 2.79 bits per heavy atom. The first-order valence-corrected chi connectivity index (χ1v) is 9.74. The molecule has 4 rings (SSSR count). The fourth-order valence-electron chi connectivity index (χ4n) is 2.86. The summed E-state index contributed by atoms with van der Waals surface area (Å²) in [5.74, 6) is -0.358. The second kappa shape index (κ2) is 7.80. The molecule has 148 valence electrons. The largest absolute Gasteiger partial charge is 0.369 e. The Bertz CT molecular complexity index is 1270. The summed E-state index contributed by atoms with van der Waals surface area (Å²) < 4.78 is 3.67. The second-order valence-corrected chi connectivity index (χ2v) is 7.21. The molecule has 11 heteroatoms. The number of benzene rings is 1. The molecule has 0 aliphatic rings. The molecule has 4 aromatic rings. The fraction of sp³-hybridized carbons (Fsp3) is 0.222. The molecule has 0 aliphatic carbocycles. The van der Waals surface area contributed by atoms with Crippen LogP contribution in [0.25, 0.3) is 15.9 Å². The first-order valence-electron chi connectivity index (χ1n) is 8.86. The Balaban J connectivity index is 1.42. The van der Waals surface area contributed by atoms with Crippen molar-refractivity contribution in [3.8, 4) is 5.00 Å². The number of rotatable bonds is 6. The number of aromatic nitrogens is 6. The lowest BCUT2D eigenvalue weighted by Gasteiger charge is -2.15. The Hall–Kier alpha value is -3.60. The highest BCUT2D eigenvalue weighted by atomic mass is 32.1. The summed E-state index contributed by atoms with van der Waals surface area (Å²) in [5, 5.41) is 13.3. The highest BCUT2D eigenvalue weighted by Crippen LogP contribution is 2.10. The van der Waals surface area contributed by atoms with Crippen LogP contribution in [0.2, 0.25) is 0 Å². The summed E-state index contributed by atoms with van der Waals surface area (Å²) in [5.41, 5.74) is -0.0902.